The van der Waals surface area contributed by atoms with Gasteiger partial charge in [0.1, 0.15) is 18.3 Å². The van der Waals surface area contributed by atoms with E-state index in [1.54, 1.807) is 0 Å². The fraction of sp³-hybridized carbons (Fsp3) is 0.607. The molecule has 186 valence electrons. The smallest absolute Gasteiger partial charge is 0.256 e. The lowest BCUT2D eigenvalue weighted by Gasteiger charge is -2.36. The van der Waals surface area contributed by atoms with Crippen LogP contribution in [-0.4, -0.2) is 48.2 Å². The highest BCUT2D eigenvalue weighted by Gasteiger charge is 2.65. The third kappa shape index (κ3) is 3.80. The van der Waals surface area contributed by atoms with Gasteiger partial charge in [-0.2, -0.15) is 0 Å². The zero-order valence-electron chi connectivity index (χ0n) is 19.9. The molecule has 0 radical (unpaired) electrons. The number of hydrogen-bond acceptors (Lipinski definition) is 6. The second-order valence-electron chi connectivity index (χ2n) is 10.7. The van der Waals surface area contributed by atoms with Crippen LogP contribution in [-0.2, 0) is 28.5 Å². The Kier molecular flexibility index (Phi) is 5.41. The van der Waals surface area contributed by atoms with Gasteiger partial charge in [0.2, 0.25) is 0 Å². The van der Waals surface area contributed by atoms with Crippen molar-refractivity contribution in [1.82, 2.24) is 0 Å². The minimum atomic E-state index is -0.844. The molecule has 2 aliphatic carbocycles. The lowest BCUT2D eigenvalue weighted by Crippen LogP contribution is -2.58. The Labute approximate surface area is 205 Å². The van der Waals surface area contributed by atoms with Gasteiger partial charge in [0.05, 0.1) is 0 Å². The van der Waals surface area contributed by atoms with Crippen molar-refractivity contribution in [2.24, 2.45) is 0 Å². The minimum Gasteiger partial charge on any atom is -0.341 e. The predicted octanol–water partition coefficient (Wildman–Crippen LogP) is 5.02. The van der Waals surface area contributed by atoms with Crippen LogP contribution in [0.15, 0.2) is 42.5 Å². The highest BCUT2D eigenvalue weighted by Crippen LogP contribution is 2.51. The molecule has 2 aromatic rings. The van der Waals surface area contributed by atoms with Gasteiger partial charge in [-0.05, 0) is 37.1 Å². The van der Waals surface area contributed by atoms with Crippen LogP contribution in [0.1, 0.15) is 64.2 Å². The Morgan fingerprint density at radius 3 is 2.11 bits per heavy atom. The van der Waals surface area contributed by atoms with E-state index < -0.39 is 36.2 Å². The number of hydrogen-bond donors (Lipinski definition) is 1. The normalized spacial score (nSPS) is 35.1. The maximum atomic E-state index is 13.7. The summed E-state index contributed by atoms with van der Waals surface area (Å²) >= 11 is 0. The number of carbonyl (C=O) groups excluding carboxylic acids is 1. The van der Waals surface area contributed by atoms with Crippen LogP contribution in [0.3, 0.4) is 0 Å². The molecule has 35 heavy (non-hydrogen) atoms. The molecule has 5 fully saturated rings. The van der Waals surface area contributed by atoms with E-state index in [4.69, 9.17) is 23.7 Å². The summed E-state index contributed by atoms with van der Waals surface area (Å²) in [5.41, 5.74) is 0.758. The molecular formula is C28H33NO6. The molecule has 1 amide bonds. The van der Waals surface area contributed by atoms with E-state index in [0.717, 1.165) is 67.8 Å². The molecule has 5 atom stereocenters. The van der Waals surface area contributed by atoms with Crippen LogP contribution in [0, 0.1) is 0 Å². The fourth-order valence-corrected chi connectivity index (χ4v) is 6.71. The van der Waals surface area contributed by atoms with E-state index in [9.17, 15) is 4.79 Å². The molecule has 3 saturated heterocycles. The lowest BCUT2D eigenvalue weighted by molar-refractivity contribution is -0.246. The van der Waals surface area contributed by atoms with Gasteiger partial charge in [-0.3, -0.25) is 4.79 Å². The Bertz CT molecular complexity index is 1100. The standard InChI is InChI=1S/C28H33NO6/c30-25(29-20-13-9-11-18-10-3-4-12-19(18)20)23-21-22(33-27(32-21)14-5-1-6-15-27)24-26(31-23)35-28(34-24)16-7-2-8-17-28/h3-4,9-13,21-24,26H,1-2,5-8,14-17H2,(H,29,30). The molecule has 5 aliphatic rings. The van der Waals surface area contributed by atoms with Gasteiger partial charge in [-0.1, -0.05) is 49.2 Å². The molecule has 1 N–H and O–H groups in total. The summed E-state index contributed by atoms with van der Waals surface area (Å²) in [7, 11) is 0. The first-order chi connectivity index (χ1) is 17.1. The SMILES string of the molecule is O=C(Nc1cccc2ccccc12)C1OC2OC3(CCCCC3)OC2C2OC3(CCCCC3)OC12. The summed E-state index contributed by atoms with van der Waals surface area (Å²) < 4.78 is 32.6. The molecule has 0 aromatic heterocycles. The van der Waals surface area contributed by atoms with Crippen LogP contribution < -0.4 is 5.32 Å². The summed E-state index contributed by atoms with van der Waals surface area (Å²) in [6.45, 7) is 0. The van der Waals surface area contributed by atoms with Crippen molar-refractivity contribution < 1.29 is 28.5 Å². The van der Waals surface area contributed by atoms with Crippen LogP contribution in [0.4, 0.5) is 5.69 Å². The summed E-state index contributed by atoms with van der Waals surface area (Å²) in [4.78, 5) is 13.7. The van der Waals surface area contributed by atoms with Gasteiger partial charge >= 0.3 is 0 Å². The van der Waals surface area contributed by atoms with Gasteiger partial charge < -0.3 is 29.0 Å². The monoisotopic (exact) mass is 479 g/mol. The van der Waals surface area contributed by atoms with Crippen LogP contribution in [0.5, 0.6) is 0 Å². The van der Waals surface area contributed by atoms with Crippen molar-refractivity contribution in [2.75, 3.05) is 5.32 Å². The number of carbonyl (C=O) groups is 1. The van der Waals surface area contributed by atoms with Crippen molar-refractivity contribution in [3.05, 3.63) is 42.5 Å². The summed E-state index contributed by atoms with van der Waals surface area (Å²) in [5, 5.41) is 5.17. The third-order valence-electron chi connectivity index (χ3n) is 8.42. The first kappa shape index (κ1) is 22.2. The number of fused-ring (bicyclic) bond motifs is 4. The minimum absolute atomic E-state index is 0.237. The molecule has 7 heteroatoms. The zero-order valence-corrected chi connectivity index (χ0v) is 19.9. The summed E-state index contributed by atoms with van der Waals surface area (Å²) in [6.07, 6.45) is 7.19. The Hall–Kier alpha value is -2.03. The summed E-state index contributed by atoms with van der Waals surface area (Å²) in [6, 6.07) is 13.9. The van der Waals surface area contributed by atoms with E-state index >= 15 is 0 Å². The molecule has 7 rings (SSSR count). The average Bonchev–Trinajstić information content (AvgIpc) is 3.42. The van der Waals surface area contributed by atoms with Gasteiger partial charge in [0, 0.05) is 36.8 Å². The lowest BCUT2D eigenvalue weighted by atomic mass is 9.94. The number of rotatable bonds is 2. The van der Waals surface area contributed by atoms with Gasteiger partial charge in [-0.25, -0.2) is 0 Å². The van der Waals surface area contributed by atoms with Gasteiger partial charge in [-0.15, -0.1) is 0 Å². The first-order valence-corrected chi connectivity index (χ1v) is 13.3. The van der Waals surface area contributed by atoms with Crippen molar-refractivity contribution >= 4 is 22.4 Å². The fourth-order valence-electron chi connectivity index (χ4n) is 6.71. The number of amides is 1. The average molecular weight is 480 g/mol. The Morgan fingerprint density at radius 2 is 1.34 bits per heavy atom. The molecule has 2 saturated carbocycles. The highest BCUT2D eigenvalue weighted by molar-refractivity contribution is 6.03. The molecule has 3 aliphatic heterocycles. The van der Waals surface area contributed by atoms with Crippen molar-refractivity contribution in [1.29, 1.82) is 0 Å². The largest absolute Gasteiger partial charge is 0.341 e. The van der Waals surface area contributed by atoms with Crippen molar-refractivity contribution in [2.45, 2.75) is 106 Å². The van der Waals surface area contributed by atoms with E-state index in [1.807, 2.05) is 42.5 Å². The van der Waals surface area contributed by atoms with Gasteiger partial charge in [0.15, 0.2) is 24.0 Å². The third-order valence-corrected chi connectivity index (χ3v) is 8.42. The second kappa shape index (κ2) is 8.53. The summed E-state index contributed by atoms with van der Waals surface area (Å²) in [5.74, 6) is -1.53. The molecular weight excluding hydrogens is 446 g/mol. The Balaban J connectivity index is 1.19. The van der Waals surface area contributed by atoms with Crippen molar-refractivity contribution in [3.8, 4) is 0 Å². The molecule has 5 unspecified atom stereocenters. The van der Waals surface area contributed by atoms with Crippen LogP contribution >= 0.6 is 0 Å². The number of nitrogens with one attached hydrogen (secondary N) is 1. The van der Waals surface area contributed by atoms with Crippen LogP contribution in [0.2, 0.25) is 0 Å². The maximum Gasteiger partial charge on any atom is 0.256 e. The van der Waals surface area contributed by atoms with E-state index in [2.05, 4.69) is 5.32 Å². The zero-order chi connectivity index (χ0) is 23.5. The molecule has 2 spiro atoms. The number of anilines is 1. The first-order valence-electron chi connectivity index (χ1n) is 13.3. The topological polar surface area (TPSA) is 75.3 Å². The van der Waals surface area contributed by atoms with E-state index in [0.29, 0.717) is 0 Å². The van der Waals surface area contributed by atoms with Crippen LogP contribution in [0.25, 0.3) is 10.8 Å². The van der Waals surface area contributed by atoms with E-state index in [1.165, 1.54) is 12.8 Å². The number of ether oxygens (including phenoxy) is 5. The van der Waals surface area contributed by atoms with Crippen molar-refractivity contribution in [3.63, 3.8) is 0 Å². The molecule has 0 bridgehead atoms. The highest BCUT2D eigenvalue weighted by atomic mass is 16.9. The Morgan fingerprint density at radius 1 is 0.714 bits per heavy atom. The molecule has 3 heterocycles. The quantitative estimate of drug-likeness (QED) is 0.652. The van der Waals surface area contributed by atoms with E-state index in [-0.39, 0.29) is 12.0 Å². The van der Waals surface area contributed by atoms with Gasteiger partial charge in [0.25, 0.3) is 5.91 Å². The molecule has 7 nitrogen and oxygen atoms in total. The predicted molar refractivity (Wildman–Crippen MR) is 129 cm³/mol. The second-order valence-corrected chi connectivity index (χ2v) is 10.7. The number of benzene rings is 2. The maximum absolute atomic E-state index is 13.7. The molecule has 2 aromatic carbocycles.